The van der Waals surface area contributed by atoms with Crippen LogP contribution in [0.25, 0.3) is 0 Å². The minimum absolute atomic E-state index is 0.00175. The van der Waals surface area contributed by atoms with Crippen LogP contribution in [0.5, 0.6) is 5.75 Å². The number of rotatable bonds is 4. The summed E-state index contributed by atoms with van der Waals surface area (Å²) in [5.74, 6) is 1.18. The topological polar surface area (TPSA) is 54.9 Å². The Labute approximate surface area is 137 Å². The quantitative estimate of drug-likeness (QED) is 0.837. The lowest BCUT2D eigenvalue weighted by molar-refractivity contribution is 0.0102. The second kappa shape index (κ2) is 7.27. The van der Waals surface area contributed by atoms with Crippen molar-refractivity contribution in [1.82, 2.24) is 14.8 Å². The smallest absolute Gasteiger partial charge is 0.272 e. The van der Waals surface area contributed by atoms with Crippen LogP contribution >= 0.6 is 0 Å². The number of methoxy groups -OCH3 is 1. The van der Waals surface area contributed by atoms with E-state index >= 15 is 0 Å². The number of morpholine rings is 1. The molecule has 1 aromatic rings. The monoisotopic (exact) mass is 319 g/mol. The van der Waals surface area contributed by atoms with Gasteiger partial charge in [0.05, 0.1) is 20.3 Å². The lowest BCUT2D eigenvalue weighted by atomic mass is 9.99. The molecule has 6 heteroatoms. The maximum absolute atomic E-state index is 12.8. The molecule has 0 aliphatic carbocycles. The van der Waals surface area contributed by atoms with Gasteiger partial charge in [0.25, 0.3) is 5.91 Å². The van der Waals surface area contributed by atoms with Crippen molar-refractivity contribution in [2.45, 2.75) is 19.4 Å². The summed E-state index contributed by atoms with van der Waals surface area (Å²) in [7, 11) is 1.60. The average molecular weight is 319 g/mol. The first kappa shape index (κ1) is 16.2. The van der Waals surface area contributed by atoms with Gasteiger partial charge in [0, 0.05) is 44.5 Å². The molecule has 3 heterocycles. The van der Waals surface area contributed by atoms with E-state index in [9.17, 15) is 4.79 Å². The fourth-order valence-electron chi connectivity index (χ4n) is 3.56. The number of nitrogens with zero attached hydrogens (tertiary/aromatic N) is 3. The van der Waals surface area contributed by atoms with Gasteiger partial charge >= 0.3 is 0 Å². The molecule has 23 heavy (non-hydrogen) atoms. The molecule has 3 rings (SSSR count). The van der Waals surface area contributed by atoms with Crippen molar-refractivity contribution in [2.75, 3.05) is 46.5 Å². The van der Waals surface area contributed by atoms with Crippen LogP contribution in [-0.4, -0.2) is 73.2 Å². The van der Waals surface area contributed by atoms with E-state index in [2.05, 4.69) is 16.8 Å². The zero-order valence-corrected chi connectivity index (χ0v) is 13.9. The van der Waals surface area contributed by atoms with Crippen molar-refractivity contribution >= 4 is 5.91 Å². The zero-order valence-electron chi connectivity index (χ0n) is 13.9. The molecule has 126 valence electrons. The third kappa shape index (κ3) is 3.48. The molecular weight excluding hydrogens is 294 g/mol. The molecule has 0 aromatic carbocycles. The molecule has 0 bridgehead atoms. The lowest BCUT2D eigenvalue weighted by Gasteiger charge is -2.34. The maximum atomic E-state index is 12.8. The fourth-order valence-corrected chi connectivity index (χ4v) is 3.56. The van der Waals surface area contributed by atoms with Crippen LogP contribution in [0, 0.1) is 5.92 Å². The maximum Gasteiger partial charge on any atom is 0.272 e. The Bertz CT molecular complexity index is 546. The Morgan fingerprint density at radius 2 is 2.17 bits per heavy atom. The number of hydrogen-bond donors (Lipinski definition) is 0. The normalized spacial score (nSPS) is 25.6. The Kier molecular flexibility index (Phi) is 5.13. The van der Waals surface area contributed by atoms with Gasteiger partial charge in [-0.1, -0.05) is 13.3 Å². The number of aromatic nitrogens is 1. The number of carbonyl (C=O) groups excluding carboxylic acids is 1. The number of ether oxygens (including phenoxy) is 2. The summed E-state index contributed by atoms with van der Waals surface area (Å²) in [6, 6.07) is 3.90. The Morgan fingerprint density at radius 1 is 1.39 bits per heavy atom. The first-order chi connectivity index (χ1) is 11.2. The summed E-state index contributed by atoms with van der Waals surface area (Å²) in [4.78, 5) is 21.4. The number of pyridine rings is 1. The van der Waals surface area contributed by atoms with E-state index in [1.165, 1.54) is 0 Å². The van der Waals surface area contributed by atoms with Crippen LogP contribution in [0.2, 0.25) is 0 Å². The predicted octanol–water partition coefficient (Wildman–Crippen LogP) is 1.27. The highest BCUT2D eigenvalue weighted by atomic mass is 16.5. The van der Waals surface area contributed by atoms with Gasteiger partial charge in [-0.2, -0.15) is 0 Å². The molecule has 0 spiro atoms. The third-order valence-electron chi connectivity index (χ3n) is 4.92. The highest BCUT2D eigenvalue weighted by Crippen LogP contribution is 2.27. The van der Waals surface area contributed by atoms with E-state index in [1.807, 2.05) is 4.90 Å². The summed E-state index contributed by atoms with van der Waals surface area (Å²) >= 11 is 0. The van der Waals surface area contributed by atoms with Gasteiger partial charge in [-0.05, 0) is 12.0 Å². The second-order valence-electron chi connectivity index (χ2n) is 6.18. The Balaban J connectivity index is 1.71. The van der Waals surface area contributed by atoms with Gasteiger partial charge in [-0.15, -0.1) is 0 Å². The van der Waals surface area contributed by atoms with Gasteiger partial charge in [0.2, 0.25) is 0 Å². The first-order valence-electron chi connectivity index (χ1n) is 8.34. The first-order valence-corrected chi connectivity index (χ1v) is 8.34. The molecule has 2 atom stereocenters. The van der Waals surface area contributed by atoms with Crippen LogP contribution in [0.4, 0.5) is 0 Å². The molecule has 6 nitrogen and oxygen atoms in total. The zero-order chi connectivity index (χ0) is 16.2. The highest BCUT2D eigenvalue weighted by molar-refractivity contribution is 5.92. The molecule has 1 aromatic heterocycles. The molecule has 2 unspecified atom stereocenters. The number of carbonyl (C=O) groups is 1. The third-order valence-corrected chi connectivity index (χ3v) is 4.92. The second-order valence-corrected chi connectivity index (χ2v) is 6.18. The minimum atomic E-state index is -0.00175. The molecular formula is C17H25N3O3. The van der Waals surface area contributed by atoms with Gasteiger partial charge in [0.15, 0.2) is 0 Å². The predicted molar refractivity (Wildman–Crippen MR) is 86.7 cm³/mol. The average Bonchev–Trinajstić information content (AvgIpc) is 3.06. The molecule has 2 saturated heterocycles. The van der Waals surface area contributed by atoms with Crippen molar-refractivity contribution in [2.24, 2.45) is 5.92 Å². The van der Waals surface area contributed by atoms with Crippen molar-refractivity contribution < 1.29 is 14.3 Å². The van der Waals surface area contributed by atoms with Gasteiger partial charge in [-0.25, -0.2) is 0 Å². The van der Waals surface area contributed by atoms with Crippen molar-refractivity contribution in [3.63, 3.8) is 0 Å². The summed E-state index contributed by atoms with van der Waals surface area (Å²) < 4.78 is 10.6. The van der Waals surface area contributed by atoms with Crippen molar-refractivity contribution in [3.8, 4) is 5.75 Å². The van der Waals surface area contributed by atoms with E-state index in [1.54, 1.807) is 25.4 Å². The van der Waals surface area contributed by atoms with E-state index in [0.29, 0.717) is 23.4 Å². The lowest BCUT2D eigenvalue weighted by Crippen LogP contribution is -2.47. The van der Waals surface area contributed by atoms with Gasteiger partial charge in [-0.3, -0.25) is 14.7 Å². The Hall–Kier alpha value is -1.66. The molecule has 0 radical (unpaired) electrons. The molecule has 2 fully saturated rings. The number of likely N-dealkylation sites (tertiary alicyclic amines) is 1. The van der Waals surface area contributed by atoms with Crippen LogP contribution in [0.3, 0.4) is 0 Å². The van der Waals surface area contributed by atoms with E-state index < -0.39 is 0 Å². The van der Waals surface area contributed by atoms with Crippen molar-refractivity contribution in [1.29, 1.82) is 0 Å². The van der Waals surface area contributed by atoms with E-state index in [-0.39, 0.29) is 5.91 Å². The minimum Gasteiger partial charge on any atom is -0.497 e. The Morgan fingerprint density at radius 3 is 2.87 bits per heavy atom. The summed E-state index contributed by atoms with van der Waals surface area (Å²) in [5.41, 5.74) is 0.460. The van der Waals surface area contributed by atoms with E-state index in [0.717, 1.165) is 45.8 Å². The number of amides is 1. The molecule has 2 aliphatic rings. The van der Waals surface area contributed by atoms with Gasteiger partial charge < -0.3 is 14.4 Å². The SMILES string of the molecule is CCC1CN(C(=O)c2cc(OC)ccn2)CC1N1CCOCC1. The summed E-state index contributed by atoms with van der Waals surface area (Å²) in [6.07, 6.45) is 2.70. The standard InChI is InChI=1S/C17H25N3O3/c1-3-13-11-20(12-16(13)19-6-8-23-9-7-19)17(21)15-10-14(22-2)4-5-18-15/h4-5,10,13,16H,3,6-9,11-12H2,1-2H3. The fraction of sp³-hybridized carbons (Fsp3) is 0.647. The molecule has 0 saturated carbocycles. The highest BCUT2D eigenvalue weighted by Gasteiger charge is 2.38. The van der Waals surface area contributed by atoms with Crippen molar-refractivity contribution in [3.05, 3.63) is 24.0 Å². The number of hydrogen-bond acceptors (Lipinski definition) is 5. The van der Waals surface area contributed by atoms with Crippen LogP contribution in [-0.2, 0) is 4.74 Å². The van der Waals surface area contributed by atoms with E-state index in [4.69, 9.17) is 9.47 Å². The summed E-state index contributed by atoms with van der Waals surface area (Å²) in [6.45, 7) is 7.28. The molecule has 1 amide bonds. The van der Waals surface area contributed by atoms with Crippen LogP contribution in [0.1, 0.15) is 23.8 Å². The molecule has 2 aliphatic heterocycles. The van der Waals surface area contributed by atoms with Crippen LogP contribution < -0.4 is 4.74 Å². The molecule has 0 N–H and O–H groups in total. The summed E-state index contributed by atoms with van der Waals surface area (Å²) in [5, 5.41) is 0. The van der Waals surface area contributed by atoms with Crippen LogP contribution in [0.15, 0.2) is 18.3 Å². The van der Waals surface area contributed by atoms with Gasteiger partial charge in [0.1, 0.15) is 11.4 Å². The largest absolute Gasteiger partial charge is 0.497 e.